The van der Waals surface area contributed by atoms with Gasteiger partial charge in [0.05, 0.1) is 6.61 Å². The minimum absolute atomic E-state index is 0.0250. The number of cyclic esters (lactones) is 1. The summed E-state index contributed by atoms with van der Waals surface area (Å²) in [5.41, 5.74) is 1.48. The lowest BCUT2D eigenvalue weighted by molar-refractivity contribution is -0.277. The Morgan fingerprint density at radius 2 is 1.73 bits per heavy atom. The zero-order valence-electron chi connectivity index (χ0n) is 17.6. The van der Waals surface area contributed by atoms with Gasteiger partial charge in [-0.2, -0.15) is 0 Å². The third kappa shape index (κ3) is 4.90. The number of carbonyl (C=O) groups excluding carboxylic acids is 1. The molecule has 0 aromatic heterocycles. The Bertz CT molecular complexity index is 989. The molecule has 2 aliphatic rings. The first-order valence-corrected chi connectivity index (χ1v) is 10.6. The van der Waals surface area contributed by atoms with E-state index >= 15 is 0 Å². The number of aromatic hydroxyl groups is 2. The van der Waals surface area contributed by atoms with Gasteiger partial charge in [0.25, 0.3) is 0 Å². The second-order valence-electron chi connectivity index (χ2n) is 8.23. The Hall–Kier alpha value is -2.89. The zero-order chi connectivity index (χ0) is 23.7. The van der Waals surface area contributed by atoms with E-state index in [4.69, 9.17) is 14.2 Å². The quantitative estimate of drug-likeness (QED) is 0.322. The maximum Gasteiger partial charge on any atom is 0.342 e. The van der Waals surface area contributed by atoms with Crippen LogP contribution in [0.3, 0.4) is 0 Å². The molecule has 0 unspecified atom stereocenters. The van der Waals surface area contributed by atoms with Gasteiger partial charge in [-0.15, -0.1) is 0 Å². The number of aryl methyl sites for hydroxylation is 1. The Morgan fingerprint density at radius 3 is 2.42 bits per heavy atom. The van der Waals surface area contributed by atoms with Crippen LogP contribution in [-0.2, 0) is 22.3 Å². The van der Waals surface area contributed by atoms with E-state index in [1.165, 1.54) is 6.07 Å². The summed E-state index contributed by atoms with van der Waals surface area (Å²) >= 11 is 0. The summed E-state index contributed by atoms with van der Waals surface area (Å²) in [5.74, 6) is -0.792. The number of carbonyl (C=O) groups is 1. The first-order chi connectivity index (χ1) is 15.8. The van der Waals surface area contributed by atoms with Crippen LogP contribution >= 0.6 is 0 Å². The van der Waals surface area contributed by atoms with Gasteiger partial charge < -0.3 is 44.8 Å². The Kier molecular flexibility index (Phi) is 6.73. The van der Waals surface area contributed by atoms with Crippen molar-refractivity contribution < 1.29 is 49.6 Å². The summed E-state index contributed by atoms with van der Waals surface area (Å²) in [6, 6.07) is 9.41. The summed E-state index contributed by atoms with van der Waals surface area (Å²) in [5, 5.41) is 59.1. The number of aliphatic hydroxyl groups is 4. The summed E-state index contributed by atoms with van der Waals surface area (Å²) in [6.45, 7) is -0.602. The van der Waals surface area contributed by atoms with Crippen molar-refractivity contribution in [1.82, 2.24) is 0 Å². The molecule has 4 rings (SSSR count). The molecule has 0 saturated carbocycles. The number of aliphatic hydroxyl groups excluding tert-OH is 4. The number of phenols is 2. The van der Waals surface area contributed by atoms with Gasteiger partial charge in [-0.05, 0) is 42.2 Å². The fourth-order valence-corrected chi connectivity index (χ4v) is 4.07. The number of hydrogen-bond donors (Lipinski definition) is 6. The van der Waals surface area contributed by atoms with Crippen LogP contribution in [0.4, 0.5) is 0 Å². The van der Waals surface area contributed by atoms with Crippen LogP contribution in [0, 0.1) is 0 Å². The van der Waals surface area contributed by atoms with Gasteiger partial charge in [-0.25, -0.2) is 4.79 Å². The molecule has 10 nitrogen and oxygen atoms in total. The molecule has 0 radical (unpaired) electrons. The number of esters is 1. The smallest absolute Gasteiger partial charge is 0.342 e. The lowest BCUT2D eigenvalue weighted by Crippen LogP contribution is -2.60. The maximum atomic E-state index is 12.5. The molecule has 2 heterocycles. The average Bonchev–Trinajstić information content (AvgIpc) is 2.78. The molecule has 2 aromatic rings. The van der Waals surface area contributed by atoms with Crippen molar-refractivity contribution in [1.29, 1.82) is 0 Å². The van der Waals surface area contributed by atoms with Crippen molar-refractivity contribution in [2.45, 2.75) is 56.1 Å². The molecule has 6 N–H and O–H groups in total. The maximum absolute atomic E-state index is 12.5. The van der Waals surface area contributed by atoms with E-state index in [-0.39, 0.29) is 22.8 Å². The van der Waals surface area contributed by atoms with Crippen molar-refractivity contribution in [3.8, 4) is 17.2 Å². The molecular formula is C23H26O10. The number of fused-ring (bicyclic) bond motifs is 1. The average molecular weight is 462 g/mol. The van der Waals surface area contributed by atoms with Gasteiger partial charge in [-0.1, -0.05) is 12.1 Å². The summed E-state index contributed by atoms with van der Waals surface area (Å²) in [4.78, 5) is 12.5. The van der Waals surface area contributed by atoms with E-state index in [9.17, 15) is 35.4 Å². The van der Waals surface area contributed by atoms with Crippen LogP contribution in [-0.4, -0.2) is 80.0 Å². The largest absolute Gasteiger partial charge is 0.508 e. The minimum Gasteiger partial charge on any atom is -0.508 e. The first kappa shape index (κ1) is 23.3. The molecule has 1 saturated heterocycles. The number of rotatable bonds is 6. The van der Waals surface area contributed by atoms with Crippen LogP contribution < -0.4 is 4.74 Å². The van der Waals surface area contributed by atoms with Gasteiger partial charge in [-0.3, -0.25) is 0 Å². The SMILES string of the molecule is O=C1O[C@@H](CCc2ccc(O)cc2)Cc2cc(O[C@H]3O[C@H](CO)[C@@H](O)[C@H](O)[C@H]3O)cc(O)c21. The van der Waals surface area contributed by atoms with E-state index in [0.717, 1.165) is 11.6 Å². The minimum atomic E-state index is -1.61. The highest BCUT2D eigenvalue weighted by atomic mass is 16.7. The number of hydrogen-bond acceptors (Lipinski definition) is 10. The highest BCUT2D eigenvalue weighted by molar-refractivity contribution is 5.95. The van der Waals surface area contributed by atoms with Gasteiger partial charge in [0.2, 0.25) is 6.29 Å². The molecule has 2 aliphatic heterocycles. The normalized spacial score (nSPS) is 29.3. The molecule has 0 spiro atoms. The molecule has 10 heteroatoms. The lowest BCUT2D eigenvalue weighted by atomic mass is 9.94. The van der Waals surface area contributed by atoms with Crippen LogP contribution in [0.15, 0.2) is 36.4 Å². The Labute approximate surface area is 189 Å². The third-order valence-corrected chi connectivity index (χ3v) is 5.89. The second-order valence-corrected chi connectivity index (χ2v) is 8.23. The number of benzene rings is 2. The van der Waals surface area contributed by atoms with Crippen molar-refractivity contribution in [3.05, 3.63) is 53.1 Å². The van der Waals surface area contributed by atoms with Crippen molar-refractivity contribution in [2.24, 2.45) is 0 Å². The number of phenolic OH excluding ortho intramolecular Hbond substituents is 2. The van der Waals surface area contributed by atoms with Crippen molar-refractivity contribution in [3.63, 3.8) is 0 Å². The fourth-order valence-electron chi connectivity index (χ4n) is 4.07. The van der Waals surface area contributed by atoms with Crippen LogP contribution in [0.1, 0.15) is 27.9 Å². The van der Waals surface area contributed by atoms with E-state index < -0.39 is 49.4 Å². The molecule has 0 bridgehead atoms. The lowest BCUT2D eigenvalue weighted by Gasteiger charge is -2.39. The Morgan fingerprint density at radius 1 is 1.00 bits per heavy atom. The predicted molar refractivity (Wildman–Crippen MR) is 112 cm³/mol. The molecule has 33 heavy (non-hydrogen) atoms. The van der Waals surface area contributed by atoms with Gasteiger partial charge in [0.1, 0.15) is 53.3 Å². The van der Waals surface area contributed by atoms with E-state index in [2.05, 4.69) is 0 Å². The zero-order valence-corrected chi connectivity index (χ0v) is 17.6. The predicted octanol–water partition coefficient (Wildman–Crippen LogP) is -0.00920. The van der Waals surface area contributed by atoms with Gasteiger partial charge >= 0.3 is 5.97 Å². The fraction of sp³-hybridized carbons (Fsp3) is 0.435. The molecule has 0 aliphatic carbocycles. The number of ether oxygens (including phenoxy) is 3. The molecular weight excluding hydrogens is 436 g/mol. The Balaban J connectivity index is 1.48. The van der Waals surface area contributed by atoms with E-state index in [1.54, 1.807) is 24.3 Å². The first-order valence-electron chi connectivity index (χ1n) is 10.6. The van der Waals surface area contributed by atoms with Crippen LogP contribution in [0.25, 0.3) is 0 Å². The van der Waals surface area contributed by atoms with E-state index in [1.807, 2.05) is 0 Å². The highest BCUT2D eigenvalue weighted by Gasteiger charge is 2.45. The third-order valence-electron chi connectivity index (χ3n) is 5.89. The molecule has 6 atom stereocenters. The summed E-state index contributed by atoms with van der Waals surface area (Å²) in [6.07, 6.45) is -6.28. The molecule has 0 amide bonds. The molecule has 178 valence electrons. The molecule has 2 aromatic carbocycles. The van der Waals surface area contributed by atoms with Crippen molar-refractivity contribution >= 4 is 5.97 Å². The van der Waals surface area contributed by atoms with Crippen molar-refractivity contribution in [2.75, 3.05) is 6.61 Å². The summed E-state index contributed by atoms with van der Waals surface area (Å²) in [7, 11) is 0. The topological polar surface area (TPSA) is 166 Å². The summed E-state index contributed by atoms with van der Waals surface area (Å²) < 4.78 is 16.4. The van der Waals surface area contributed by atoms with Gasteiger partial charge in [0, 0.05) is 12.5 Å². The second kappa shape index (κ2) is 9.54. The van der Waals surface area contributed by atoms with Gasteiger partial charge in [0.15, 0.2) is 0 Å². The monoisotopic (exact) mass is 462 g/mol. The molecule has 1 fully saturated rings. The standard InChI is InChI=1S/C23H26O10/c24-10-17-19(27)20(28)21(29)23(33-17)32-15-8-12-7-14(31-22(30)18(12)16(26)9-15)6-3-11-1-4-13(25)5-2-11/h1-2,4-5,8-9,14,17,19-21,23-29H,3,6-7,10H2/t14-,17+,19+,20-,21+,23-/m0/s1. The van der Waals surface area contributed by atoms with Crippen LogP contribution in [0.5, 0.6) is 17.2 Å². The highest BCUT2D eigenvalue weighted by Crippen LogP contribution is 2.35. The van der Waals surface area contributed by atoms with E-state index in [0.29, 0.717) is 24.8 Å². The van der Waals surface area contributed by atoms with Crippen LogP contribution in [0.2, 0.25) is 0 Å².